The van der Waals surface area contributed by atoms with Gasteiger partial charge in [-0.2, -0.15) is 5.10 Å². The summed E-state index contributed by atoms with van der Waals surface area (Å²) in [5.74, 6) is 1.37. The molecule has 0 fully saturated rings. The lowest BCUT2D eigenvalue weighted by atomic mass is 9.91. The Morgan fingerprint density at radius 2 is 2.04 bits per heavy atom. The highest BCUT2D eigenvalue weighted by atomic mass is 15.3. The first-order chi connectivity index (χ1) is 12.6. The van der Waals surface area contributed by atoms with E-state index in [1.54, 1.807) is 4.52 Å². The molecule has 4 rings (SSSR count). The van der Waals surface area contributed by atoms with Crippen LogP contribution in [0.3, 0.4) is 0 Å². The molecule has 6 nitrogen and oxygen atoms in total. The van der Waals surface area contributed by atoms with Crippen molar-refractivity contribution in [3.05, 3.63) is 78.0 Å². The van der Waals surface area contributed by atoms with Crippen LogP contribution < -0.4 is 11.1 Å². The number of fused-ring (bicyclic) bond motifs is 1. The van der Waals surface area contributed by atoms with Crippen LogP contribution in [0.25, 0.3) is 11.2 Å². The van der Waals surface area contributed by atoms with Crippen LogP contribution >= 0.6 is 0 Å². The highest BCUT2D eigenvalue weighted by Gasteiger charge is 2.21. The predicted molar refractivity (Wildman–Crippen MR) is 105 cm³/mol. The third-order valence-corrected chi connectivity index (χ3v) is 4.31. The smallest absolute Gasteiger partial charge is 0.156 e. The zero-order valence-corrected chi connectivity index (χ0v) is 14.6. The van der Waals surface area contributed by atoms with Crippen LogP contribution in [0.2, 0.25) is 0 Å². The maximum absolute atomic E-state index is 6.12. The largest absolute Gasteiger partial charge is 0.383 e. The van der Waals surface area contributed by atoms with Crippen LogP contribution in [0.1, 0.15) is 30.5 Å². The number of hydrogen-bond acceptors (Lipinski definition) is 5. The van der Waals surface area contributed by atoms with E-state index in [1.807, 2.05) is 49.7 Å². The Hall–Kier alpha value is -3.41. The molecule has 26 heavy (non-hydrogen) atoms. The summed E-state index contributed by atoms with van der Waals surface area (Å²) in [6.07, 6.45) is 4.50. The Morgan fingerprint density at radius 3 is 2.81 bits per heavy atom. The lowest BCUT2D eigenvalue weighted by Gasteiger charge is -2.20. The SMILES string of the molecule is C=C(C)Nc1cn2nc(C3C=NC(N)=C(c4ccccc4)C3)ccc2n1. The Morgan fingerprint density at radius 1 is 1.23 bits per heavy atom. The van der Waals surface area contributed by atoms with Gasteiger partial charge in [-0.25, -0.2) is 14.5 Å². The normalized spacial score (nSPS) is 16.9. The molecular formula is C20H20N6. The number of imidazole rings is 1. The number of allylic oxidation sites excluding steroid dienone is 2. The standard InChI is InChI=1S/C20H20N6/c1-13(2)23-18-12-26-19(24-18)9-8-17(25-26)15-10-16(20(21)22-11-15)14-6-4-3-5-7-14/h3-9,11-12,15,23H,1,10,21H2,2H3. The highest BCUT2D eigenvalue weighted by Crippen LogP contribution is 2.32. The van der Waals surface area contributed by atoms with Crippen LogP contribution in [0.15, 0.2) is 71.8 Å². The van der Waals surface area contributed by atoms with Gasteiger partial charge in [0.05, 0.1) is 11.9 Å². The minimum absolute atomic E-state index is 0.0712. The average molecular weight is 344 g/mol. The molecule has 0 bridgehead atoms. The Balaban J connectivity index is 1.64. The molecule has 0 aliphatic carbocycles. The second-order valence-electron chi connectivity index (χ2n) is 6.41. The lowest BCUT2D eigenvalue weighted by Crippen LogP contribution is -2.14. The van der Waals surface area contributed by atoms with Crippen LogP contribution in [0.4, 0.5) is 5.82 Å². The maximum Gasteiger partial charge on any atom is 0.156 e. The highest BCUT2D eigenvalue weighted by molar-refractivity contribution is 5.80. The minimum atomic E-state index is 0.0712. The summed E-state index contributed by atoms with van der Waals surface area (Å²) in [4.78, 5) is 8.89. The molecule has 1 aromatic carbocycles. The number of anilines is 1. The number of aromatic nitrogens is 3. The second-order valence-corrected chi connectivity index (χ2v) is 6.41. The molecule has 6 heteroatoms. The van der Waals surface area contributed by atoms with Gasteiger partial charge in [-0.3, -0.25) is 0 Å². The Bertz CT molecular complexity index is 1030. The lowest BCUT2D eigenvalue weighted by molar-refractivity contribution is 0.797. The van der Waals surface area contributed by atoms with E-state index in [0.29, 0.717) is 5.82 Å². The molecule has 1 aliphatic heterocycles. The third-order valence-electron chi connectivity index (χ3n) is 4.31. The van der Waals surface area contributed by atoms with Gasteiger partial charge in [0.25, 0.3) is 0 Å². The van der Waals surface area contributed by atoms with E-state index in [0.717, 1.165) is 40.4 Å². The molecule has 1 unspecified atom stereocenters. The van der Waals surface area contributed by atoms with E-state index in [2.05, 4.69) is 34.0 Å². The van der Waals surface area contributed by atoms with Crippen LogP contribution in [-0.4, -0.2) is 20.8 Å². The number of nitrogens with one attached hydrogen (secondary N) is 1. The molecule has 0 amide bonds. The van der Waals surface area contributed by atoms with Crippen molar-refractivity contribution in [1.29, 1.82) is 0 Å². The number of rotatable bonds is 4. The number of nitrogens with two attached hydrogens (primary N) is 1. The van der Waals surface area contributed by atoms with Crippen molar-refractivity contribution < 1.29 is 0 Å². The summed E-state index contributed by atoms with van der Waals surface area (Å²) in [5.41, 5.74) is 10.8. The molecule has 0 saturated carbocycles. The Labute approximate surface area is 151 Å². The predicted octanol–water partition coefficient (Wildman–Crippen LogP) is 3.56. The number of nitrogens with zero attached hydrogens (tertiary/aromatic N) is 4. The maximum atomic E-state index is 6.12. The van der Waals surface area contributed by atoms with Gasteiger partial charge in [0.1, 0.15) is 5.82 Å². The Kier molecular flexibility index (Phi) is 4.01. The van der Waals surface area contributed by atoms with Crippen LogP contribution in [0.5, 0.6) is 0 Å². The molecule has 0 spiro atoms. The van der Waals surface area contributed by atoms with Crippen molar-refractivity contribution in [2.45, 2.75) is 19.3 Å². The topological polar surface area (TPSA) is 80.6 Å². The van der Waals surface area contributed by atoms with Crippen LogP contribution in [0, 0.1) is 0 Å². The van der Waals surface area contributed by atoms with Crippen molar-refractivity contribution >= 4 is 23.3 Å². The monoisotopic (exact) mass is 344 g/mol. The van der Waals surface area contributed by atoms with Gasteiger partial charge in [0, 0.05) is 23.4 Å². The third kappa shape index (κ3) is 3.09. The molecule has 2 aromatic heterocycles. The van der Waals surface area contributed by atoms with Gasteiger partial charge in [0.2, 0.25) is 0 Å². The van der Waals surface area contributed by atoms with Gasteiger partial charge >= 0.3 is 0 Å². The number of hydrogen-bond donors (Lipinski definition) is 2. The zero-order valence-electron chi connectivity index (χ0n) is 14.6. The zero-order chi connectivity index (χ0) is 18.1. The summed E-state index contributed by atoms with van der Waals surface area (Å²) in [5, 5.41) is 7.82. The van der Waals surface area contributed by atoms with Crippen molar-refractivity contribution in [3.63, 3.8) is 0 Å². The summed E-state index contributed by atoms with van der Waals surface area (Å²) >= 11 is 0. The van der Waals surface area contributed by atoms with E-state index in [4.69, 9.17) is 10.8 Å². The second kappa shape index (κ2) is 6.48. The molecule has 0 saturated heterocycles. The van der Waals surface area contributed by atoms with Crippen LogP contribution in [-0.2, 0) is 0 Å². The first-order valence-electron chi connectivity index (χ1n) is 8.47. The molecule has 3 N–H and O–H groups in total. The molecular weight excluding hydrogens is 324 g/mol. The molecule has 1 atom stereocenters. The fraction of sp³-hybridized carbons (Fsp3) is 0.150. The van der Waals surface area contributed by atoms with Crippen molar-refractivity contribution in [1.82, 2.24) is 14.6 Å². The minimum Gasteiger partial charge on any atom is -0.383 e. The van der Waals surface area contributed by atoms with Gasteiger partial charge < -0.3 is 11.1 Å². The van der Waals surface area contributed by atoms with Crippen molar-refractivity contribution in [2.75, 3.05) is 5.32 Å². The van der Waals surface area contributed by atoms with E-state index in [9.17, 15) is 0 Å². The van der Waals surface area contributed by atoms with E-state index in [-0.39, 0.29) is 5.92 Å². The van der Waals surface area contributed by atoms with E-state index in [1.165, 1.54) is 0 Å². The first-order valence-corrected chi connectivity index (χ1v) is 8.47. The van der Waals surface area contributed by atoms with Crippen molar-refractivity contribution in [2.24, 2.45) is 10.7 Å². The summed E-state index contributed by atoms with van der Waals surface area (Å²) in [6.45, 7) is 5.73. The summed E-state index contributed by atoms with van der Waals surface area (Å²) in [6, 6.07) is 14.1. The number of aliphatic imine (C=N–C) groups is 1. The number of benzene rings is 1. The summed E-state index contributed by atoms with van der Waals surface area (Å²) < 4.78 is 1.78. The quantitative estimate of drug-likeness (QED) is 0.758. The van der Waals surface area contributed by atoms with Gasteiger partial charge in [-0.05, 0) is 31.0 Å². The summed E-state index contributed by atoms with van der Waals surface area (Å²) in [7, 11) is 0. The molecule has 130 valence electrons. The molecule has 1 aliphatic rings. The molecule has 0 radical (unpaired) electrons. The van der Waals surface area contributed by atoms with E-state index >= 15 is 0 Å². The van der Waals surface area contributed by atoms with Gasteiger partial charge in [-0.1, -0.05) is 36.9 Å². The van der Waals surface area contributed by atoms with Gasteiger partial charge in [0.15, 0.2) is 11.5 Å². The molecule has 3 aromatic rings. The van der Waals surface area contributed by atoms with E-state index < -0.39 is 0 Å². The van der Waals surface area contributed by atoms with Gasteiger partial charge in [-0.15, -0.1) is 0 Å². The fourth-order valence-corrected chi connectivity index (χ4v) is 3.08. The fourth-order valence-electron chi connectivity index (χ4n) is 3.08. The molecule has 3 heterocycles. The first kappa shape index (κ1) is 16.1. The average Bonchev–Trinajstić information content (AvgIpc) is 3.03. The van der Waals surface area contributed by atoms with Crippen molar-refractivity contribution in [3.8, 4) is 0 Å².